The molecule has 7 heteroatoms. The number of likely N-dealkylation sites (N-methyl/N-ethyl adjacent to an activating group) is 1. The third-order valence-electron chi connectivity index (χ3n) is 6.60. The molecule has 0 spiro atoms. The summed E-state index contributed by atoms with van der Waals surface area (Å²) < 4.78 is 5.30. The van der Waals surface area contributed by atoms with Crippen molar-refractivity contribution in [2.24, 2.45) is 0 Å². The molecular formula is C29H29N3O3S. The van der Waals surface area contributed by atoms with Gasteiger partial charge in [0.15, 0.2) is 0 Å². The van der Waals surface area contributed by atoms with E-state index in [1.165, 1.54) is 17.3 Å². The van der Waals surface area contributed by atoms with E-state index in [4.69, 9.17) is 4.74 Å². The number of benzene rings is 3. The highest BCUT2D eigenvalue weighted by Crippen LogP contribution is 2.42. The minimum absolute atomic E-state index is 0.0146. The summed E-state index contributed by atoms with van der Waals surface area (Å²) in [7, 11) is 3.39. The molecule has 0 unspecified atom stereocenters. The maximum Gasteiger partial charge on any atom is 0.264 e. The van der Waals surface area contributed by atoms with Gasteiger partial charge in [-0.2, -0.15) is 0 Å². The second-order valence-corrected chi connectivity index (χ2v) is 10.1. The maximum absolute atomic E-state index is 13.3. The highest BCUT2D eigenvalue weighted by molar-refractivity contribution is 8.04. The number of amides is 2. The highest BCUT2D eigenvalue weighted by Gasteiger charge is 2.29. The number of ether oxygens (including phenoxy) is 1. The van der Waals surface area contributed by atoms with Gasteiger partial charge < -0.3 is 14.5 Å². The third kappa shape index (κ3) is 5.17. The molecule has 5 rings (SSSR count). The number of methoxy groups -OCH3 is 1. The molecule has 0 atom stereocenters. The minimum Gasteiger partial charge on any atom is -0.497 e. The number of hydrogen-bond donors (Lipinski definition) is 0. The van der Waals surface area contributed by atoms with Crippen molar-refractivity contribution in [3.63, 3.8) is 0 Å². The highest BCUT2D eigenvalue weighted by atomic mass is 32.2. The van der Waals surface area contributed by atoms with Gasteiger partial charge in [0, 0.05) is 50.2 Å². The van der Waals surface area contributed by atoms with Crippen LogP contribution < -0.4 is 9.64 Å². The largest absolute Gasteiger partial charge is 0.497 e. The smallest absolute Gasteiger partial charge is 0.264 e. The van der Waals surface area contributed by atoms with E-state index in [0.717, 1.165) is 41.5 Å². The van der Waals surface area contributed by atoms with Crippen LogP contribution in [0.3, 0.4) is 0 Å². The number of fused-ring (bicyclic) bond motifs is 1. The third-order valence-corrected chi connectivity index (χ3v) is 7.68. The molecule has 6 nitrogen and oxygen atoms in total. The number of hydrogen-bond acceptors (Lipinski definition) is 5. The van der Waals surface area contributed by atoms with Gasteiger partial charge in [-0.1, -0.05) is 54.2 Å². The molecule has 36 heavy (non-hydrogen) atoms. The first-order valence-electron chi connectivity index (χ1n) is 12.0. The predicted molar refractivity (Wildman–Crippen MR) is 144 cm³/mol. The Labute approximate surface area is 216 Å². The summed E-state index contributed by atoms with van der Waals surface area (Å²) in [6.45, 7) is 3.98. The fourth-order valence-electron chi connectivity index (χ4n) is 4.54. The van der Waals surface area contributed by atoms with Gasteiger partial charge in [0.1, 0.15) is 5.75 Å². The molecule has 3 aromatic carbocycles. The Kier molecular flexibility index (Phi) is 7.11. The van der Waals surface area contributed by atoms with E-state index in [9.17, 15) is 9.59 Å². The lowest BCUT2D eigenvalue weighted by molar-refractivity contribution is -0.114. The van der Waals surface area contributed by atoms with Crippen LogP contribution in [-0.4, -0.2) is 62.0 Å². The van der Waals surface area contributed by atoms with Gasteiger partial charge in [0.05, 0.1) is 17.7 Å². The van der Waals surface area contributed by atoms with Crippen molar-refractivity contribution in [1.29, 1.82) is 0 Å². The number of carbonyl (C=O) groups excluding carboxylic acids is 2. The molecule has 2 aliphatic rings. The number of rotatable bonds is 5. The van der Waals surface area contributed by atoms with Gasteiger partial charge in [0.2, 0.25) is 0 Å². The van der Waals surface area contributed by atoms with Gasteiger partial charge in [0.25, 0.3) is 11.8 Å². The SMILES string of the molecule is COc1cccc(C=C2Sc3ccc(C(=O)N4CCN(Cc5ccccc5)CC4)cc3N(C)C2=O)c1. The normalized spacial score (nSPS) is 17.3. The van der Waals surface area contributed by atoms with Crippen LogP contribution in [0.5, 0.6) is 5.75 Å². The molecule has 0 aliphatic carbocycles. The summed E-state index contributed by atoms with van der Waals surface area (Å²) in [6.07, 6.45) is 1.88. The number of anilines is 1. The lowest BCUT2D eigenvalue weighted by Gasteiger charge is -2.35. The second kappa shape index (κ2) is 10.6. The molecule has 1 fully saturated rings. The molecule has 2 amide bonds. The Hall–Kier alpha value is -3.55. The minimum atomic E-state index is -0.0885. The van der Waals surface area contributed by atoms with Crippen LogP contribution in [0.25, 0.3) is 6.08 Å². The van der Waals surface area contributed by atoms with Crippen LogP contribution in [0.15, 0.2) is 82.6 Å². The summed E-state index contributed by atoms with van der Waals surface area (Å²) in [5.74, 6) is 0.672. The lowest BCUT2D eigenvalue weighted by Crippen LogP contribution is -2.48. The van der Waals surface area contributed by atoms with E-state index in [0.29, 0.717) is 23.6 Å². The van der Waals surface area contributed by atoms with Crippen molar-refractivity contribution in [2.75, 3.05) is 45.2 Å². The van der Waals surface area contributed by atoms with Crippen molar-refractivity contribution in [2.45, 2.75) is 11.4 Å². The van der Waals surface area contributed by atoms with E-state index in [1.54, 1.807) is 19.1 Å². The van der Waals surface area contributed by atoms with Crippen LogP contribution in [0, 0.1) is 0 Å². The van der Waals surface area contributed by atoms with E-state index >= 15 is 0 Å². The van der Waals surface area contributed by atoms with Crippen molar-refractivity contribution in [1.82, 2.24) is 9.80 Å². The van der Waals surface area contributed by atoms with Crippen LogP contribution in [0.4, 0.5) is 5.69 Å². The molecule has 0 radical (unpaired) electrons. The Bertz CT molecular complexity index is 1300. The van der Waals surface area contributed by atoms with E-state index in [-0.39, 0.29) is 11.8 Å². The average molecular weight is 500 g/mol. The first-order chi connectivity index (χ1) is 17.5. The van der Waals surface area contributed by atoms with Crippen LogP contribution in [-0.2, 0) is 11.3 Å². The molecule has 0 N–H and O–H groups in total. The fraction of sp³-hybridized carbons (Fsp3) is 0.241. The summed E-state index contributed by atoms with van der Waals surface area (Å²) in [6, 6.07) is 23.7. The standard InChI is InChI=1S/C29H29N3O3S/c1-30-25-19-23(28(33)32-15-13-31(14-16-32)20-21-7-4-3-5-8-21)11-12-26(25)36-27(29(30)34)18-22-9-6-10-24(17-22)35-2/h3-12,17-19H,13-16,20H2,1-2H3. The Morgan fingerprint density at radius 1 is 0.972 bits per heavy atom. The van der Waals surface area contributed by atoms with Gasteiger partial charge in [-0.15, -0.1) is 0 Å². The number of carbonyl (C=O) groups is 2. The first-order valence-corrected chi connectivity index (χ1v) is 12.8. The number of thioether (sulfide) groups is 1. The quantitative estimate of drug-likeness (QED) is 0.474. The first kappa shape index (κ1) is 24.2. The molecule has 0 aromatic heterocycles. The number of piperazine rings is 1. The van der Waals surface area contributed by atoms with Gasteiger partial charge in [-0.3, -0.25) is 14.5 Å². The summed E-state index contributed by atoms with van der Waals surface area (Å²) >= 11 is 1.43. The molecule has 0 bridgehead atoms. The van der Waals surface area contributed by atoms with Crippen molar-refractivity contribution in [3.8, 4) is 5.75 Å². The van der Waals surface area contributed by atoms with Gasteiger partial charge in [-0.05, 0) is 47.5 Å². The van der Waals surface area contributed by atoms with Gasteiger partial charge >= 0.3 is 0 Å². The monoisotopic (exact) mass is 499 g/mol. The molecular weight excluding hydrogens is 470 g/mol. The van der Waals surface area contributed by atoms with Gasteiger partial charge in [-0.25, -0.2) is 0 Å². The van der Waals surface area contributed by atoms with Crippen molar-refractivity contribution >= 4 is 35.3 Å². The van der Waals surface area contributed by atoms with Crippen molar-refractivity contribution < 1.29 is 14.3 Å². The van der Waals surface area contributed by atoms with Crippen LogP contribution in [0.1, 0.15) is 21.5 Å². The zero-order valence-electron chi connectivity index (χ0n) is 20.5. The topological polar surface area (TPSA) is 53.1 Å². The Morgan fingerprint density at radius 3 is 2.50 bits per heavy atom. The summed E-state index contributed by atoms with van der Waals surface area (Å²) in [4.78, 5) is 33.9. The molecule has 2 heterocycles. The second-order valence-electron chi connectivity index (χ2n) is 8.99. The molecule has 1 saturated heterocycles. The zero-order valence-corrected chi connectivity index (χ0v) is 21.3. The molecule has 184 valence electrons. The van der Waals surface area contributed by atoms with E-state index in [2.05, 4.69) is 29.2 Å². The van der Waals surface area contributed by atoms with Crippen molar-refractivity contribution in [3.05, 3.63) is 94.4 Å². The lowest BCUT2D eigenvalue weighted by atomic mass is 10.1. The molecule has 0 saturated carbocycles. The Balaban J connectivity index is 1.27. The Morgan fingerprint density at radius 2 is 1.75 bits per heavy atom. The summed E-state index contributed by atoms with van der Waals surface area (Å²) in [5.41, 5.74) is 3.57. The molecule has 2 aliphatic heterocycles. The average Bonchev–Trinajstić information content (AvgIpc) is 2.92. The van der Waals surface area contributed by atoms with Crippen LogP contribution >= 0.6 is 11.8 Å². The molecule has 3 aromatic rings. The predicted octanol–water partition coefficient (Wildman–Crippen LogP) is 4.76. The fourth-order valence-corrected chi connectivity index (χ4v) is 5.64. The number of nitrogens with zero attached hydrogens (tertiary/aromatic N) is 3. The zero-order chi connectivity index (χ0) is 25.1. The van der Waals surface area contributed by atoms with E-state index in [1.807, 2.05) is 59.5 Å². The maximum atomic E-state index is 13.3. The van der Waals surface area contributed by atoms with Crippen LogP contribution in [0.2, 0.25) is 0 Å². The summed E-state index contributed by atoms with van der Waals surface area (Å²) in [5, 5.41) is 0. The van der Waals surface area contributed by atoms with E-state index < -0.39 is 0 Å².